The van der Waals surface area contributed by atoms with Crippen LogP contribution in [0.1, 0.15) is 32.4 Å². The van der Waals surface area contributed by atoms with Crippen LogP contribution in [0.4, 0.5) is 5.13 Å². The van der Waals surface area contributed by atoms with Gasteiger partial charge in [-0.15, -0.1) is 11.3 Å². The zero-order valence-electron chi connectivity index (χ0n) is 11.2. The predicted octanol–water partition coefficient (Wildman–Crippen LogP) is 2.48. The van der Waals surface area contributed by atoms with E-state index in [1.807, 2.05) is 5.38 Å². The first kappa shape index (κ1) is 13.3. The molecule has 5 heteroatoms. The number of nitrogens with zero attached hydrogens (tertiary/aromatic N) is 2. The van der Waals surface area contributed by atoms with Gasteiger partial charge in [0, 0.05) is 18.0 Å². The molecule has 1 aliphatic rings. The van der Waals surface area contributed by atoms with Crippen molar-refractivity contribution in [3.05, 3.63) is 11.1 Å². The summed E-state index contributed by atoms with van der Waals surface area (Å²) in [6.07, 6.45) is 2.94. The van der Waals surface area contributed by atoms with Crippen LogP contribution in [0.2, 0.25) is 0 Å². The zero-order chi connectivity index (χ0) is 13.1. The molecule has 1 heterocycles. The monoisotopic (exact) mass is 268 g/mol. The van der Waals surface area contributed by atoms with Gasteiger partial charge < -0.3 is 9.64 Å². The van der Waals surface area contributed by atoms with Crippen LogP contribution in [-0.4, -0.2) is 30.6 Å². The molecule has 2 rings (SSSR count). The van der Waals surface area contributed by atoms with E-state index in [1.54, 1.807) is 11.3 Å². The topological polar surface area (TPSA) is 42.4 Å². The lowest BCUT2D eigenvalue weighted by molar-refractivity contribution is -0.139. The summed E-state index contributed by atoms with van der Waals surface area (Å²) in [5.41, 5.74) is 0.809. The molecule has 0 spiro atoms. The van der Waals surface area contributed by atoms with E-state index < -0.39 is 0 Å². The normalized spacial score (nSPS) is 14.9. The Labute approximate surface area is 112 Å². The van der Waals surface area contributed by atoms with Crippen molar-refractivity contribution in [3.63, 3.8) is 0 Å². The van der Waals surface area contributed by atoms with Crippen molar-refractivity contribution in [1.29, 1.82) is 0 Å². The first-order valence-corrected chi connectivity index (χ1v) is 7.26. The van der Waals surface area contributed by atoms with Crippen molar-refractivity contribution in [2.24, 2.45) is 5.92 Å². The van der Waals surface area contributed by atoms with E-state index in [1.165, 1.54) is 20.0 Å². The second kappa shape index (κ2) is 5.69. The van der Waals surface area contributed by atoms with Gasteiger partial charge in [0.05, 0.1) is 19.2 Å². The molecule has 18 heavy (non-hydrogen) atoms. The SMILES string of the molecule is COC(=O)Cc1csc(N(CC2CC2)C(C)C)n1. The standard InChI is InChI=1S/C13H20N2O2S/c1-9(2)15(7-10-4-5-10)13-14-11(8-18-13)6-12(16)17-3/h8-10H,4-7H2,1-3H3. The Balaban J connectivity index is 2.03. The lowest BCUT2D eigenvalue weighted by atomic mass is 10.3. The molecule has 0 atom stereocenters. The molecular weight excluding hydrogens is 248 g/mol. The van der Waals surface area contributed by atoms with Crippen molar-refractivity contribution in [3.8, 4) is 0 Å². The molecule has 0 aromatic carbocycles. The third-order valence-corrected chi connectivity index (χ3v) is 4.04. The third-order valence-electron chi connectivity index (χ3n) is 3.11. The molecule has 0 N–H and O–H groups in total. The molecular formula is C13H20N2O2S. The van der Waals surface area contributed by atoms with E-state index in [2.05, 4.69) is 28.5 Å². The molecule has 4 nitrogen and oxygen atoms in total. The molecule has 0 bridgehead atoms. The minimum atomic E-state index is -0.231. The average molecular weight is 268 g/mol. The first-order valence-electron chi connectivity index (χ1n) is 6.38. The lowest BCUT2D eigenvalue weighted by Gasteiger charge is -2.26. The van der Waals surface area contributed by atoms with Crippen molar-refractivity contribution < 1.29 is 9.53 Å². The number of carbonyl (C=O) groups excluding carboxylic acids is 1. The summed E-state index contributed by atoms with van der Waals surface area (Å²) >= 11 is 1.62. The number of hydrogen-bond acceptors (Lipinski definition) is 5. The van der Waals surface area contributed by atoms with Gasteiger partial charge in [0.25, 0.3) is 0 Å². The fraction of sp³-hybridized carbons (Fsp3) is 0.692. The Morgan fingerprint density at radius 3 is 2.89 bits per heavy atom. The summed E-state index contributed by atoms with van der Waals surface area (Å²) in [6, 6.07) is 0.447. The van der Waals surface area contributed by atoms with Crippen molar-refractivity contribution >= 4 is 22.4 Å². The maximum absolute atomic E-state index is 11.2. The van der Waals surface area contributed by atoms with Crippen LogP contribution in [0, 0.1) is 5.92 Å². The van der Waals surface area contributed by atoms with Crippen LogP contribution < -0.4 is 4.90 Å². The van der Waals surface area contributed by atoms with Crippen LogP contribution in [0.3, 0.4) is 0 Å². The third kappa shape index (κ3) is 3.45. The zero-order valence-corrected chi connectivity index (χ0v) is 12.0. The summed E-state index contributed by atoms with van der Waals surface area (Å²) in [6.45, 7) is 5.45. The number of anilines is 1. The van der Waals surface area contributed by atoms with Gasteiger partial charge in [-0.2, -0.15) is 0 Å². The Morgan fingerprint density at radius 2 is 2.33 bits per heavy atom. The Morgan fingerprint density at radius 1 is 1.61 bits per heavy atom. The lowest BCUT2D eigenvalue weighted by Crippen LogP contribution is -2.32. The van der Waals surface area contributed by atoms with Gasteiger partial charge >= 0.3 is 5.97 Å². The maximum Gasteiger partial charge on any atom is 0.311 e. The van der Waals surface area contributed by atoms with E-state index in [4.69, 9.17) is 0 Å². The first-order chi connectivity index (χ1) is 8.60. The van der Waals surface area contributed by atoms with Crippen molar-refractivity contribution in [2.75, 3.05) is 18.6 Å². The highest BCUT2D eigenvalue weighted by Gasteiger charge is 2.27. The fourth-order valence-electron chi connectivity index (χ4n) is 1.82. The van der Waals surface area contributed by atoms with E-state index in [-0.39, 0.29) is 12.4 Å². The number of ether oxygens (including phenoxy) is 1. The van der Waals surface area contributed by atoms with Gasteiger partial charge in [0.2, 0.25) is 0 Å². The highest BCUT2D eigenvalue weighted by Crippen LogP contribution is 2.33. The number of methoxy groups -OCH3 is 1. The van der Waals surface area contributed by atoms with E-state index in [0.717, 1.165) is 23.3 Å². The predicted molar refractivity (Wildman–Crippen MR) is 73.0 cm³/mol. The minimum Gasteiger partial charge on any atom is -0.469 e. The van der Waals surface area contributed by atoms with Crippen LogP contribution in [0.25, 0.3) is 0 Å². The molecule has 0 aliphatic heterocycles. The molecule has 0 saturated heterocycles. The smallest absolute Gasteiger partial charge is 0.311 e. The molecule has 0 amide bonds. The Bertz CT molecular complexity index is 413. The second-order valence-corrected chi connectivity index (χ2v) is 5.90. The summed E-state index contributed by atoms with van der Waals surface area (Å²) in [5, 5.41) is 2.98. The molecule has 0 radical (unpaired) electrons. The van der Waals surface area contributed by atoms with Gasteiger partial charge in [-0.25, -0.2) is 4.98 Å². The fourth-order valence-corrected chi connectivity index (χ4v) is 2.79. The van der Waals surface area contributed by atoms with Crippen molar-refractivity contribution in [2.45, 2.75) is 39.2 Å². The summed E-state index contributed by atoms with van der Waals surface area (Å²) in [7, 11) is 1.41. The minimum absolute atomic E-state index is 0.231. The van der Waals surface area contributed by atoms with E-state index >= 15 is 0 Å². The Hall–Kier alpha value is -1.10. The van der Waals surface area contributed by atoms with E-state index in [0.29, 0.717) is 6.04 Å². The van der Waals surface area contributed by atoms with Crippen LogP contribution in [0.15, 0.2) is 5.38 Å². The van der Waals surface area contributed by atoms with Crippen LogP contribution in [0.5, 0.6) is 0 Å². The molecule has 1 saturated carbocycles. The molecule has 1 aliphatic carbocycles. The van der Waals surface area contributed by atoms with Crippen LogP contribution in [-0.2, 0) is 16.0 Å². The van der Waals surface area contributed by atoms with Gasteiger partial charge in [-0.05, 0) is 32.6 Å². The molecule has 1 aromatic heterocycles. The molecule has 0 unspecified atom stereocenters. The highest BCUT2D eigenvalue weighted by molar-refractivity contribution is 7.13. The largest absolute Gasteiger partial charge is 0.469 e. The summed E-state index contributed by atoms with van der Waals surface area (Å²) in [5.74, 6) is 0.602. The molecule has 1 fully saturated rings. The van der Waals surface area contributed by atoms with Crippen molar-refractivity contribution in [1.82, 2.24) is 4.98 Å². The number of hydrogen-bond donors (Lipinski definition) is 0. The second-order valence-electron chi connectivity index (χ2n) is 5.06. The van der Waals surface area contributed by atoms with E-state index in [9.17, 15) is 4.79 Å². The quantitative estimate of drug-likeness (QED) is 0.743. The average Bonchev–Trinajstić information content (AvgIpc) is 3.05. The van der Waals surface area contributed by atoms with Gasteiger partial charge in [-0.3, -0.25) is 4.79 Å². The summed E-state index contributed by atoms with van der Waals surface area (Å²) < 4.78 is 4.66. The van der Waals surface area contributed by atoms with Gasteiger partial charge in [0.1, 0.15) is 0 Å². The number of esters is 1. The van der Waals surface area contributed by atoms with Gasteiger partial charge in [-0.1, -0.05) is 0 Å². The summed E-state index contributed by atoms with van der Waals surface area (Å²) in [4.78, 5) is 18.1. The van der Waals surface area contributed by atoms with Gasteiger partial charge in [0.15, 0.2) is 5.13 Å². The number of rotatable bonds is 6. The molecule has 1 aromatic rings. The number of thiazole rings is 1. The maximum atomic E-state index is 11.2. The molecule has 100 valence electrons. The van der Waals surface area contributed by atoms with Crippen LogP contribution >= 0.6 is 11.3 Å². The Kier molecular flexibility index (Phi) is 4.22. The highest BCUT2D eigenvalue weighted by atomic mass is 32.1. The number of aromatic nitrogens is 1. The number of carbonyl (C=O) groups is 1.